The summed E-state index contributed by atoms with van der Waals surface area (Å²) in [5, 5.41) is 2.49. The maximum absolute atomic E-state index is 13.5. The van der Waals surface area contributed by atoms with Crippen molar-refractivity contribution in [3.05, 3.63) is 52.6 Å². The Hall–Kier alpha value is -2.43. The second-order valence-electron chi connectivity index (χ2n) is 4.62. The van der Waals surface area contributed by atoms with Gasteiger partial charge in [0.2, 0.25) is 0 Å². The zero-order valence-electron chi connectivity index (χ0n) is 11.5. The van der Waals surface area contributed by atoms with Crippen molar-refractivity contribution in [2.75, 3.05) is 5.32 Å². The monoisotopic (exact) mass is 274 g/mol. The van der Waals surface area contributed by atoms with Crippen LogP contribution in [0.4, 0.5) is 10.1 Å². The van der Waals surface area contributed by atoms with Crippen molar-refractivity contribution in [3.63, 3.8) is 0 Å². The molecule has 0 radical (unpaired) electrons. The van der Waals surface area contributed by atoms with Gasteiger partial charge in [0, 0.05) is 11.3 Å². The molecule has 0 aliphatic carbocycles. The Morgan fingerprint density at radius 2 is 1.85 bits per heavy atom. The normalized spacial score (nSPS) is 10.4. The lowest BCUT2D eigenvalue weighted by molar-refractivity contribution is 0.101. The summed E-state index contributed by atoms with van der Waals surface area (Å²) in [4.78, 5) is 26.6. The molecule has 2 rings (SSSR count). The molecule has 0 aliphatic rings. The molecule has 5 heteroatoms. The van der Waals surface area contributed by atoms with Crippen molar-refractivity contribution in [1.29, 1.82) is 0 Å². The van der Waals surface area contributed by atoms with Crippen molar-refractivity contribution >= 4 is 17.4 Å². The van der Waals surface area contributed by atoms with E-state index in [0.717, 1.165) is 0 Å². The maximum Gasteiger partial charge on any atom is 0.272 e. The Labute approximate surface area is 116 Å². The molecule has 1 aromatic heterocycles. The lowest BCUT2D eigenvalue weighted by Gasteiger charge is -2.05. The van der Waals surface area contributed by atoms with E-state index in [-0.39, 0.29) is 17.2 Å². The van der Waals surface area contributed by atoms with Crippen LogP contribution < -0.4 is 5.32 Å². The summed E-state index contributed by atoms with van der Waals surface area (Å²) in [6, 6.07) is 5.92. The van der Waals surface area contributed by atoms with Crippen LogP contribution in [0.5, 0.6) is 0 Å². The number of aromatic nitrogens is 1. The van der Waals surface area contributed by atoms with Crippen LogP contribution in [0.1, 0.15) is 39.0 Å². The van der Waals surface area contributed by atoms with E-state index in [4.69, 9.17) is 0 Å². The first-order valence-electron chi connectivity index (χ1n) is 6.17. The molecule has 1 aromatic carbocycles. The minimum absolute atomic E-state index is 0.105. The van der Waals surface area contributed by atoms with Gasteiger partial charge in [-0.05, 0) is 38.5 Å². The molecular weight excluding hydrogens is 259 g/mol. The molecule has 104 valence electrons. The fourth-order valence-electron chi connectivity index (χ4n) is 2.25. The van der Waals surface area contributed by atoms with E-state index in [1.165, 1.54) is 19.1 Å². The maximum atomic E-state index is 13.5. The molecule has 0 saturated heterocycles. The first kappa shape index (κ1) is 14.0. The molecule has 0 unspecified atom stereocenters. The third-order valence-electron chi connectivity index (χ3n) is 3.14. The average molecular weight is 274 g/mol. The lowest BCUT2D eigenvalue weighted by atomic mass is 10.1. The number of aryl methyl sites for hydroxylation is 1. The van der Waals surface area contributed by atoms with Crippen LogP contribution in [-0.4, -0.2) is 16.7 Å². The van der Waals surface area contributed by atoms with Gasteiger partial charge in [-0.15, -0.1) is 0 Å². The summed E-state index contributed by atoms with van der Waals surface area (Å²) < 4.78 is 13.5. The molecule has 1 amide bonds. The van der Waals surface area contributed by atoms with Crippen LogP contribution in [-0.2, 0) is 0 Å². The summed E-state index contributed by atoms with van der Waals surface area (Å²) in [5.74, 6) is -1.09. The number of hydrogen-bond donors (Lipinski definition) is 2. The molecule has 20 heavy (non-hydrogen) atoms. The van der Waals surface area contributed by atoms with Gasteiger partial charge in [-0.1, -0.05) is 12.1 Å². The quantitative estimate of drug-likeness (QED) is 0.844. The number of halogens is 1. The molecule has 0 atom stereocenters. The SMILES string of the molecule is CC(=O)c1c(C)[nH]c(C(=O)Nc2ccccc2F)c1C. The highest BCUT2D eigenvalue weighted by atomic mass is 19.1. The molecule has 0 bridgehead atoms. The average Bonchev–Trinajstić information content (AvgIpc) is 2.67. The largest absolute Gasteiger partial charge is 0.354 e. The van der Waals surface area contributed by atoms with E-state index in [1.54, 1.807) is 26.0 Å². The number of rotatable bonds is 3. The van der Waals surface area contributed by atoms with Crippen molar-refractivity contribution in [2.45, 2.75) is 20.8 Å². The summed E-state index contributed by atoms with van der Waals surface area (Å²) in [7, 11) is 0. The van der Waals surface area contributed by atoms with Crippen LogP contribution >= 0.6 is 0 Å². The molecule has 0 fully saturated rings. The standard InChI is InChI=1S/C15H15FN2O2/c1-8-13(10(3)19)9(2)17-14(8)15(20)18-12-7-5-4-6-11(12)16/h4-7,17H,1-3H3,(H,18,20). The van der Waals surface area contributed by atoms with E-state index in [2.05, 4.69) is 10.3 Å². The number of nitrogens with one attached hydrogen (secondary N) is 2. The van der Waals surface area contributed by atoms with Crippen LogP contribution in [0.2, 0.25) is 0 Å². The number of H-pyrrole nitrogens is 1. The second-order valence-corrected chi connectivity index (χ2v) is 4.62. The van der Waals surface area contributed by atoms with E-state index in [0.29, 0.717) is 16.8 Å². The van der Waals surface area contributed by atoms with Crippen molar-refractivity contribution in [1.82, 2.24) is 4.98 Å². The van der Waals surface area contributed by atoms with Gasteiger partial charge in [-0.2, -0.15) is 0 Å². The number of aromatic amines is 1. The third kappa shape index (κ3) is 2.47. The molecule has 1 heterocycles. The molecule has 4 nitrogen and oxygen atoms in total. The smallest absolute Gasteiger partial charge is 0.272 e. The predicted octanol–water partition coefficient (Wildman–Crippen LogP) is 3.23. The van der Waals surface area contributed by atoms with Crippen molar-refractivity contribution < 1.29 is 14.0 Å². The first-order chi connectivity index (χ1) is 9.41. The van der Waals surface area contributed by atoms with Crippen LogP contribution in [0.15, 0.2) is 24.3 Å². The van der Waals surface area contributed by atoms with Gasteiger partial charge in [0.05, 0.1) is 5.69 Å². The van der Waals surface area contributed by atoms with E-state index in [1.807, 2.05) is 0 Å². The second kappa shape index (κ2) is 5.28. The van der Waals surface area contributed by atoms with Gasteiger partial charge in [-0.3, -0.25) is 9.59 Å². The Morgan fingerprint density at radius 3 is 2.40 bits per heavy atom. The number of anilines is 1. The van der Waals surface area contributed by atoms with Crippen molar-refractivity contribution in [3.8, 4) is 0 Å². The highest BCUT2D eigenvalue weighted by Crippen LogP contribution is 2.20. The number of hydrogen-bond acceptors (Lipinski definition) is 2. The van der Waals surface area contributed by atoms with E-state index in [9.17, 15) is 14.0 Å². The Kier molecular flexibility index (Phi) is 3.70. The molecular formula is C15H15FN2O2. The fourth-order valence-corrected chi connectivity index (χ4v) is 2.25. The van der Waals surface area contributed by atoms with Gasteiger partial charge in [0.15, 0.2) is 5.78 Å². The van der Waals surface area contributed by atoms with Gasteiger partial charge in [0.25, 0.3) is 5.91 Å². The number of ketones is 1. The fraction of sp³-hybridized carbons (Fsp3) is 0.200. The molecule has 0 aliphatic heterocycles. The Balaban J connectivity index is 2.34. The van der Waals surface area contributed by atoms with Gasteiger partial charge >= 0.3 is 0 Å². The van der Waals surface area contributed by atoms with Crippen LogP contribution in [0.3, 0.4) is 0 Å². The van der Waals surface area contributed by atoms with E-state index < -0.39 is 11.7 Å². The predicted molar refractivity (Wildman–Crippen MR) is 74.6 cm³/mol. The summed E-state index contributed by atoms with van der Waals surface area (Å²) in [5.41, 5.74) is 2.09. The number of carbonyl (C=O) groups excluding carboxylic acids is 2. The third-order valence-corrected chi connectivity index (χ3v) is 3.14. The topological polar surface area (TPSA) is 62.0 Å². The van der Waals surface area contributed by atoms with Crippen LogP contribution in [0, 0.1) is 19.7 Å². The molecule has 0 spiro atoms. The molecule has 2 aromatic rings. The van der Waals surface area contributed by atoms with Crippen molar-refractivity contribution in [2.24, 2.45) is 0 Å². The Morgan fingerprint density at radius 1 is 1.20 bits per heavy atom. The van der Waals surface area contributed by atoms with Gasteiger partial charge in [-0.25, -0.2) is 4.39 Å². The number of benzene rings is 1. The number of para-hydroxylation sites is 1. The number of carbonyl (C=O) groups is 2. The van der Waals surface area contributed by atoms with Crippen LogP contribution in [0.25, 0.3) is 0 Å². The van der Waals surface area contributed by atoms with Gasteiger partial charge < -0.3 is 10.3 Å². The number of Topliss-reactive ketones (excluding diaryl/α,β-unsaturated/α-hetero) is 1. The Bertz CT molecular complexity index is 689. The molecule has 0 saturated carbocycles. The summed E-state index contributed by atoms with van der Waals surface area (Å²) in [6.45, 7) is 4.86. The lowest BCUT2D eigenvalue weighted by Crippen LogP contribution is -2.14. The summed E-state index contributed by atoms with van der Waals surface area (Å²) >= 11 is 0. The molecule has 2 N–H and O–H groups in total. The van der Waals surface area contributed by atoms with E-state index >= 15 is 0 Å². The highest BCUT2D eigenvalue weighted by molar-refractivity contribution is 6.07. The minimum atomic E-state index is -0.506. The highest BCUT2D eigenvalue weighted by Gasteiger charge is 2.20. The summed E-state index contributed by atoms with van der Waals surface area (Å²) in [6.07, 6.45) is 0. The first-order valence-corrected chi connectivity index (χ1v) is 6.17. The number of amides is 1. The van der Waals surface area contributed by atoms with Gasteiger partial charge in [0.1, 0.15) is 11.5 Å². The zero-order chi connectivity index (χ0) is 14.9. The minimum Gasteiger partial charge on any atom is -0.354 e. The zero-order valence-corrected chi connectivity index (χ0v) is 11.5.